The summed E-state index contributed by atoms with van der Waals surface area (Å²) in [7, 11) is -3.61. The van der Waals surface area contributed by atoms with E-state index in [1.807, 2.05) is 0 Å². The highest BCUT2D eigenvalue weighted by atomic mass is 35.5. The molecule has 2 aromatic heterocycles. The van der Waals surface area contributed by atoms with Crippen LogP contribution in [0.25, 0.3) is 5.52 Å². The van der Waals surface area contributed by atoms with Crippen LogP contribution in [-0.2, 0) is 15.4 Å². The van der Waals surface area contributed by atoms with E-state index in [9.17, 15) is 13.2 Å². The van der Waals surface area contributed by atoms with Crippen LogP contribution < -0.4 is 5.32 Å². The number of carbonyl (C=O) groups is 1. The van der Waals surface area contributed by atoms with Gasteiger partial charge < -0.3 is 5.32 Å². The lowest BCUT2D eigenvalue weighted by Gasteiger charge is -2.27. The van der Waals surface area contributed by atoms with E-state index in [4.69, 9.17) is 23.2 Å². The van der Waals surface area contributed by atoms with Gasteiger partial charge in [0.05, 0.1) is 21.1 Å². The Morgan fingerprint density at radius 3 is 2.48 bits per heavy atom. The van der Waals surface area contributed by atoms with Crippen molar-refractivity contribution in [1.29, 1.82) is 0 Å². The van der Waals surface area contributed by atoms with Crippen molar-refractivity contribution in [3.8, 4) is 0 Å². The van der Waals surface area contributed by atoms with Crippen molar-refractivity contribution >= 4 is 44.5 Å². The zero-order chi connectivity index (χ0) is 20.0. The van der Waals surface area contributed by atoms with Gasteiger partial charge >= 0.3 is 0 Å². The van der Waals surface area contributed by atoms with E-state index in [1.165, 1.54) is 4.40 Å². The van der Waals surface area contributed by atoms with Crippen LogP contribution in [0.2, 0.25) is 10.0 Å². The first-order chi connectivity index (χ1) is 12.5. The number of carbonyl (C=O) groups excluding carboxylic acids is 1. The number of imidazole rings is 1. The SMILES string of the molecule is CC(C)(NC(=O)c1nc(S(C)(=O)=O)n2ccccc12)c1ccc(Cl)c(Cl)c1. The number of hydrogen-bond donors (Lipinski definition) is 1. The van der Waals surface area contributed by atoms with Gasteiger partial charge in [-0.3, -0.25) is 9.20 Å². The number of hydrogen-bond acceptors (Lipinski definition) is 4. The molecule has 6 nitrogen and oxygen atoms in total. The van der Waals surface area contributed by atoms with E-state index in [0.717, 1.165) is 11.8 Å². The van der Waals surface area contributed by atoms with E-state index in [-0.39, 0.29) is 10.9 Å². The monoisotopic (exact) mass is 425 g/mol. The maximum Gasteiger partial charge on any atom is 0.272 e. The minimum atomic E-state index is -3.61. The molecule has 3 rings (SSSR count). The first-order valence-corrected chi connectivity index (χ1v) is 10.6. The van der Waals surface area contributed by atoms with Gasteiger partial charge in [0.2, 0.25) is 15.0 Å². The number of sulfone groups is 1. The third-order valence-corrected chi connectivity index (χ3v) is 5.82. The molecule has 2 heterocycles. The maximum absolute atomic E-state index is 12.9. The lowest BCUT2D eigenvalue weighted by Crippen LogP contribution is -2.41. The fourth-order valence-corrected chi connectivity index (χ4v) is 3.81. The van der Waals surface area contributed by atoms with Gasteiger partial charge in [-0.2, -0.15) is 0 Å². The molecular weight excluding hydrogens is 409 g/mol. The van der Waals surface area contributed by atoms with Gasteiger partial charge in [0.1, 0.15) is 0 Å². The quantitative estimate of drug-likeness (QED) is 0.690. The molecule has 0 saturated carbocycles. The molecule has 1 N–H and O–H groups in total. The number of nitrogens with one attached hydrogen (secondary N) is 1. The second-order valence-electron chi connectivity index (χ2n) is 6.68. The average molecular weight is 426 g/mol. The zero-order valence-electron chi connectivity index (χ0n) is 14.8. The minimum Gasteiger partial charge on any atom is -0.342 e. The Bertz CT molecular complexity index is 1150. The second-order valence-corrected chi connectivity index (χ2v) is 9.40. The molecule has 0 aliphatic heterocycles. The van der Waals surface area contributed by atoms with Gasteiger partial charge in [0.25, 0.3) is 5.91 Å². The van der Waals surface area contributed by atoms with Crippen molar-refractivity contribution < 1.29 is 13.2 Å². The van der Waals surface area contributed by atoms with Gasteiger partial charge in [0, 0.05) is 12.5 Å². The Morgan fingerprint density at radius 2 is 1.85 bits per heavy atom. The molecule has 3 aromatic rings. The summed E-state index contributed by atoms with van der Waals surface area (Å²) >= 11 is 12.0. The molecule has 1 amide bonds. The molecule has 9 heteroatoms. The highest BCUT2D eigenvalue weighted by Crippen LogP contribution is 2.29. The maximum atomic E-state index is 12.9. The molecule has 142 valence electrons. The van der Waals surface area contributed by atoms with Crippen LogP contribution in [0, 0.1) is 0 Å². The molecular formula is C18H17Cl2N3O3S. The number of pyridine rings is 1. The van der Waals surface area contributed by atoms with Crippen molar-refractivity contribution in [3.05, 3.63) is 63.9 Å². The lowest BCUT2D eigenvalue weighted by molar-refractivity contribution is 0.0909. The summed E-state index contributed by atoms with van der Waals surface area (Å²) in [6.07, 6.45) is 2.61. The molecule has 0 bridgehead atoms. The molecule has 0 atom stereocenters. The molecule has 27 heavy (non-hydrogen) atoms. The van der Waals surface area contributed by atoms with Crippen molar-refractivity contribution in [1.82, 2.24) is 14.7 Å². The highest BCUT2D eigenvalue weighted by molar-refractivity contribution is 7.90. The van der Waals surface area contributed by atoms with Crippen molar-refractivity contribution in [2.24, 2.45) is 0 Å². The number of aromatic nitrogens is 2. The Hall–Kier alpha value is -2.09. The molecule has 0 spiro atoms. The van der Waals surface area contributed by atoms with Gasteiger partial charge in [-0.1, -0.05) is 35.3 Å². The summed E-state index contributed by atoms with van der Waals surface area (Å²) in [6, 6.07) is 10.1. The van der Waals surface area contributed by atoms with Crippen molar-refractivity contribution in [2.75, 3.05) is 6.26 Å². The second kappa shape index (κ2) is 6.82. The summed E-state index contributed by atoms with van der Waals surface area (Å²) in [5.74, 6) is -0.496. The fourth-order valence-electron chi connectivity index (χ4n) is 2.74. The minimum absolute atomic E-state index is 0.0316. The Morgan fingerprint density at radius 1 is 1.15 bits per heavy atom. The van der Waals surface area contributed by atoms with Crippen LogP contribution in [0.1, 0.15) is 29.9 Å². The van der Waals surface area contributed by atoms with Gasteiger partial charge in [-0.05, 0) is 43.7 Å². The van der Waals surface area contributed by atoms with Crippen molar-refractivity contribution in [3.63, 3.8) is 0 Å². The predicted octanol–water partition coefficient (Wildman–Crippen LogP) is 3.71. The first kappa shape index (κ1) is 19.7. The molecule has 1 aromatic carbocycles. The fraction of sp³-hybridized carbons (Fsp3) is 0.222. The number of nitrogens with zero attached hydrogens (tertiary/aromatic N) is 2. The zero-order valence-corrected chi connectivity index (χ0v) is 17.2. The van der Waals surface area contributed by atoms with E-state index < -0.39 is 21.3 Å². The third-order valence-electron chi connectivity index (χ3n) is 4.13. The van der Waals surface area contributed by atoms with Crippen LogP contribution >= 0.6 is 23.2 Å². The summed E-state index contributed by atoms with van der Waals surface area (Å²) in [5.41, 5.74) is 0.392. The van der Waals surface area contributed by atoms with E-state index in [0.29, 0.717) is 15.6 Å². The highest BCUT2D eigenvalue weighted by Gasteiger charge is 2.28. The molecule has 0 aliphatic rings. The largest absolute Gasteiger partial charge is 0.342 e. The normalized spacial score (nSPS) is 12.3. The molecule has 0 aliphatic carbocycles. The van der Waals surface area contributed by atoms with Gasteiger partial charge in [0.15, 0.2) is 5.69 Å². The Balaban J connectivity index is 2.02. The number of rotatable bonds is 4. The molecule has 0 saturated heterocycles. The first-order valence-electron chi connectivity index (χ1n) is 7.96. The molecule has 0 fully saturated rings. The average Bonchev–Trinajstić information content (AvgIpc) is 2.97. The standard InChI is InChI=1S/C18H17Cl2N3O3S/c1-18(2,11-7-8-12(19)13(20)10-11)22-16(24)15-14-6-4-5-9-23(14)17(21-15)27(3,25)26/h4-10H,1-3H3,(H,22,24). The summed E-state index contributed by atoms with van der Waals surface area (Å²) in [5, 5.41) is 3.49. The number of fused-ring (bicyclic) bond motifs is 1. The van der Waals surface area contributed by atoms with Crippen LogP contribution in [0.4, 0.5) is 0 Å². The van der Waals surface area contributed by atoms with E-state index in [2.05, 4.69) is 10.3 Å². The van der Waals surface area contributed by atoms with Crippen LogP contribution in [0.5, 0.6) is 0 Å². The predicted molar refractivity (Wildman–Crippen MR) is 105 cm³/mol. The number of halogens is 2. The van der Waals surface area contributed by atoms with Crippen molar-refractivity contribution in [2.45, 2.75) is 24.5 Å². The van der Waals surface area contributed by atoms with Gasteiger partial charge in [-0.25, -0.2) is 13.4 Å². The smallest absolute Gasteiger partial charge is 0.272 e. The molecule has 0 unspecified atom stereocenters. The summed E-state index contributed by atoms with van der Waals surface area (Å²) in [4.78, 5) is 17.0. The Kier molecular flexibility index (Phi) is 4.96. The topological polar surface area (TPSA) is 80.5 Å². The van der Waals surface area contributed by atoms with Gasteiger partial charge in [-0.15, -0.1) is 0 Å². The van der Waals surface area contributed by atoms with E-state index in [1.54, 1.807) is 56.4 Å². The summed E-state index contributed by atoms with van der Waals surface area (Å²) in [6.45, 7) is 3.61. The summed E-state index contributed by atoms with van der Waals surface area (Å²) < 4.78 is 25.4. The third kappa shape index (κ3) is 3.81. The van der Waals surface area contributed by atoms with Crippen LogP contribution in [0.3, 0.4) is 0 Å². The number of amides is 1. The van der Waals surface area contributed by atoms with E-state index >= 15 is 0 Å². The Labute approximate surface area is 167 Å². The number of benzene rings is 1. The lowest BCUT2D eigenvalue weighted by atomic mass is 9.94. The molecule has 0 radical (unpaired) electrons. The van der Waals surface area contributed by atoms with Crippen LogP contribution in [0.15, 0.2) is 47.8 Å². The van der Waals surface area contributed by atoms with Crippen LogP contribution in [-0.4, -0.2) is 30.0 Å².